The van der Waals surface area contributed by atoms with Crippen LogP contribution < -0.4 is 0 Å². The van der Waals surface area contributed by atoms with Gasteiger partial charge in [-0.1, -0.05) is 0 Å². The van der Waals surface area contributed by atoms with E-state index in [1.165, 1.54) is 0 Å². The fourth-order valence-corrected chi connectivity index (χ4v) is 5.32. The molecule has 2 aliphatic rings. The SMILES string of the molecule is CCOC(=O)CN(CCOC)CC(=O)N(CC1CCCO1)C1CCS(=O)(=O)C1. The molecule has 10 heteroatoms. The van der Waals surface area contributed by atoms with Gasteiger partial charge in [0.15, 0.2) is 9.84 Å². The normalized spacial score (nSPS) is 23.8. The zero-order valence-corrected chi connectivity index (χ0v) is 17.6. The first-order valence-electron chi connectivity index (χ1n) is 9.83. The lowest BCUT2D eigenvalue weighted by atomic mass is 10.1. The molecule has 0 saturated carbocycles. The Hall–Kier alpha value is -1.23. The maximum absolute atomic E-state index is 13.1. The fraction of sp³-hybridized carbons (Fsp3) is 0.889. The Balaban J connectivity index is 2.05. The summed E-state index contributed by atoms with van der Waals surface area (Å²) in [6.07, 6.45) is 2.18. The van der Waals surface area contributed by atoms with E-state index in [9.17, 15) is 18.0 Å². The van der Waals surface area contributed by atoms with Crippen molar-refractivity contribution in [3.8, 4) is 0 Å². The van der Waals surface area contributed by atoms with E-state index in [2.05, 4.69) is 0 Å². The quantitative estimate of drug-likeness (QED) is 0.420. The first kappa shape index (κ1) is 23.1. The van der Waals surface area contributed by atoms with Gasteiger partial charge in [0.05, 0.1) is 43.9 Å². The highest BCUT2D eigenvalue weighted by Gasteiger charge is 2.36. The number of carbonyl (C=O) groups excluding carboxylic acids is 2. The molecule has 9 nitrogen and oxygen atoms in total. The third-order valence-corrected chi connectivity index (χ3v) is 6.77. The number of ether oxygens (including phenoxy) is 3. The first-order chi connectivity index (χ1) is 13.3. The van der Waals surface area contributed by atoms with Gasteiger partial charge < -0.3 is 19.1 Å². The average Bonchev–Trinajstić information content (AvgIpc) is 3.26. The van der Waals surface area contributed by atoms with Crippen molar-refractivity contribution in [3.63, 3.8) is 0 Å². The van der Waals surface area contributed by atoms with Crippen molar-refractivity contribution in [1.82, 2.24) is 9.80 Å². The summed E-state index contributed by atoms with van der Waals surface area (Å²) in [5, 5.41) is 0. The molecule has 0 bridgehead atoms. The van der Waals surface area contributed by atoms with Gasteiger partial charge in [-0.2, -0.15) is 0 Å². The van der Waals surface area contributed by atoms with Crippen LogP contribution >= 0.6 is 0 Å². The Morgan fingerprint density at radius 3 is 2.57 bits per heavy atom. The van der Waals surface area contributed by atoms with Gasteiger partial charge >= 0.3 is 5.97 Å². The number of amides is 1. The summed E-state index contributed by atoms with van der Waals surface area (Å²) < 4.78 is 39.6. The van der Waals surface area contributed by atoms with Crippen molar-refractivity contribution in [2.75, 3.05) is 64.6 Å². The smallest absolute Gasteiger partial charge is 0.320 e. The van der Waals surface area contributed by atoms with E-state index >= 15 is 0 Å². The summed E-state index contributed by atoms with van der Waals surface area (Å²) in [5.41, 5.74) is 0. The third-order valence-electron chi connectivity index (χ3n) is 5.02. The summed E-state index contributed by atoms with van der Waals surface area (Å²) in [6.45, 7) is 3.82. The van der Waals surface area contributed by atoms with Crippen LogP contribution in [0.15, 0.2) is 0 Å². The van der Waals surface area contributed by atoms with Crippen LogP contribution in [0.3, 0.4) is 0 Å². The maximum atomic E-state index is 13.1. The van der Waals surface area contributed by atoms with Crippen molar-refractivity contribution in [3.05, 3.63) is 0 Å². The van der Waals surface area contributed by atoms with E-state index in [-0.39, 0.29) is 49.3 Å². The minimum absolute atomic E-state index is 0.00540. The van der Waals surface area contributed by atoms with Crippen molar-refractivity contribution >= 4 is 21.7 Å². The van der Waals surface area contributed by atoms with E-state index in [1.807, 2.05) is 0 Å². The first-order valence-corrected chi connectivity index (χ1v) is 11.6. The second kappa shape index (κ2) is 11.1. The molecule has 2 saturated heterocycles. The average molecular weight is 421 g/mol. The van der Waals surface area contributed by atoms with Crippen LogP contribution in [0.1, 0.15) is 26.2 Å². The number of carbonyl (C=O) groups is 2. The van der Waals surface area contributed by atoms with E-state index < -0.39 is 15.8 Å². The van der Waals surface area contributed by atoms with Crippen LogP contribution in [0.25, 0.3) is 0 Å². The molecule has 2 atom stereocenters. The molecule has 28 heavy (non-hydrogen) atoms. The topological polar surface area (TPSA) is 102 Å². The van der Waals surface area contributed by atoms with E-state index in [0.29, 0.717) is 32.7 Å². The highest BCUT2D eigenvalue weighted by atomic mass is 32.2. The third kappa shape index (κ3) is 7.31. The Morgan fingerprint density at radius 2 is 2.00 bits per heavy atom. The molecule has 162 valence electrons. The van der Waals surface area contributed by atoms with Gasteiger partial charge in [0.1, 0.15) is 0 Å². The molecule has 2 aliphatic heterocycles. The molecule has 2 fully saturated rings. The molecule has 2 heterocycles. The Kier molecular flexibility index (Phi) is 9.13. The number of sulfone groups is 1. The molecular weight excluding hydrogens is 388 g/mol. The van der Waals surface area contributed by atoms with Gasteiger partial charge in [-0.05, 0) is 26.2 Å². The van der Waals surface area contributed by atoms with Crippen LogP contribution in [-0.2, 0) is 33.6 Å². The van der Waals surface area contributed by atoms with E-state index in [4.69, 9.17) is 14.2 Å². The molecule has 2 rings (SSSR count). The molecule has 0 aliphatic carbocycles. The molecule has 1 amide bonds. The zero-order chi connectivity index (χ0) is 20.6. The van der Waals surface area contributed by atoms with Crippen LogP contribution in [0.2, 0.25) is 0 Å². The van der Waals surface area contributed by atoms with Gasteiger partial charge in [0.2, 0.25) is 5.91 Å². The van der Waals surface area contributed by atoms with Crippen LogP contribution in [0.4, 0.5) is 0 Å². The lowest BCUT2D eigenvalue weighted by Gasteiger charge is -2.32. The molecule has 0 aromatic heterocycles. The predicted octanol–water partition coefficient (Wildman–Crippen LogP) is -0.307. The second-order valence-corrected chi connectivity index (χ2v) is 9.48. The van der Waals surface area contributed by atoms with Crippen molar-refractivity contribution in [2.24, 2.45) is 0 Å². The van der Waals surface area contributed by atoms with Crippen molar-refractivity contribution in [2.45, 2.75) is 38.3 Å². The number of nitrogens with zero attached hydrogens (tertiary/aromatic N) is 2. The number of hydrogen-bond acceptors (Lipinski definition) is 8. The van der Waals surface area contributed by atoms with Gasteiger partial charge in [-0.3, -0.25) is 14.5 Å². The van der Waals surface area contributed by atoms with Crippen molar-refractivity contribution < 1.29 is 32.2 Å². The van der Waals surface area contributed by atoms with Gasteiger partial charge in [0.25, 0.3) is 0 Å². The fourth-order valence-electron chi connectivity index (χ4n) is 3.59. The second-order valence-electron chi connectivity index (χ2n) is 7.25. The highest BCUT2D eigenvalue weighted by molar-refractivity contribution is 7.91. The number of esters is 1. The molecular formula is C18H32N2O7S. The minimum atomic E-state index is -3.12. The van der Waals surface area contributed by atoms with Crippen LogP contribution in [0, 0.1) is 0 Å². The van der Waals surface area contributed by atoms with Crippen molar-refractivity contribution in [1.29, 1.82) is 0 Å². The molecule has 0 aromatic rings. The summed E-state index contributed by atoms with van der Waals surface area (Å²) in [5.74, 6) is -0.511. The number of rotatable bonds is 11. The molecule has 0 N–H and O–H groups in total. The Bertz CT molecular complexity index is 619. The minimum Gasteiger partial charge on any atom is -0.465 e. The largest absolute Gasteiger partial charge is 0.465 e. The molecule has 0 aromatic carbocycles. The lowest BCUT2D eigenvalue weighted by Crippen LogP contribution is -2.50. The summed E-state index contributed by atoms with van der Waals surface area (Å²) in [4.78, 5) is 28.3. The predicted molar refractivity (Wildman–Crippen MR) is 103 cm³/mol. The van der Waals surface area contributed by atoms with Gasteiger partial charge in [-0.15, -0.1) is 0 Å². The van der Waals surface area contributed by atoms with Gasteiger partial charge in [-0.25, -0.2) is 8.42 Å². The zero-order valence-electron chi connectivity index (χ0n) is 16.8. The lowest BCUT2D eigenvalue weighted by molar-refractivity contribution is -0.145. The summed E-state index contributed by atoms with van der Waals surface area (Å²) in [6, 6.07) is -0.339. The van der Waals surface area contributed by atoms with Gasteiger partial charge in [0, 0.05) is 32.8 Å². The molecule has 0 radical (unpaired) electrons. The molecule has 2 unspecified atom stereocenters. The maximum Gasteiger partial charge on any atom is 0.320 e. The van der Waals surface area contributed by atoms with E-state index in [0.717, 1.165) is 12.8 Å². The summed E-state index contributed by atoms with van der Waals surface area (Å²) >= 11 is 0. The highest BCUT2D eigenvalue weighted by Crippen LogP contribution is 2.21. The Morgan fingerprint density at radius 1 is 1.21 bits per heavy atom. The molecule has 0 spiro atoms. The summed E-state index contributed by atoms with van der Waals surface area (Å²) in [7, 11) is -1.57. The number of hydrogen-bond donors (Lipinski definition) is 0. The number of methoxy groups -OCH3 is 1. The monoisotopic (exact) mass is 420 g/mol. The van der Waals surface area contributed by atoms with Crippen LogP contribution in [0.5, 0.6) is 0 Å². The standard InChI is InChI=1S/C18H32N2O7S/c1-3-26-18(22)13-19(7-9-25-2)12-17(21)20(11-16-5-4-8-27-16)15-6-10-28(23,24)14-15/h15-16H,3-14H2,1-2H3. The Labute approximate surface area is 167 Å². The van der Waals surface area contributed by atoms with E-state index in [1.54, 1.807) is 23.8 Å². The van der Waals surface area contributed by atoms with Crippen LogP contribution in [-0.4, -0.2) is 107 Å².